The standard InChI is InChI=1S/C15H18FNO/c16-14-8-7-13(6-3-9-17)15(10-14)18-11-12-4-1-2-5-12/h7-8,10,12H,1-2,4-5,9,11,17H2. The highest BCUT2D eigenvalue weighted by Gasteiger charge is 2.16. The van der Waals surface area contributed by atoms with E-state index in [4.69, 9.17) is 10.5 Å². The molecule has 1 aliphatic carbocycles. The maximum atomic E-state index is 13.2. The summed E-state index contributed by atoms with van der Waals surface area (Å²) in [6, 6.07) is 4.43. The van der Waals surface area contributed by atoms with Gasteiger partial charge >= 0.3 is 0 Å². The summed E-state index contributed by atoms with van der Waals surface area (Å²) in [6.45, 7) is 0.945. The molecule has 1 aromatic carbocycles. The fourth-order valence-corrected chi connectivity index (χ4v) is 2.25. The van der Waals surface area contributed by atoms with Crippen LogP contribution in [0.4, 0.5) is 4.39 Å². The van der Waals surface area contributed by atoms with Crippen LogP contribution in [0.5, 0.6) is 5.75 Å². The van der Waals surface area contributed by atoms with Crippen molar-refractivity contribution < 1.29 is 9.13 Å². The molecular weight excluding hydrogens is 229 g/mol. The van der Waals surface area contributed by atoms with Crippen molar-refractivity contribution >= 4 is 0 Å². The fourth-order valence-electron chi connectivity index (χ4n) is 2.25. The Hall–Kier alpha value is -1.53. The van der Waals surface area contributed by atoms with Gasteiger partial charge in [-0.15, -0.1) is 0 Å². The van der Waals surface area contributed by atoms with E-state index in [1.54, 1.807) is 6.07 Å². The summed E-state index contributed by atoms with van der Waals surface area (Å²) >= 11 is 0. The predicted molar refractivity (Wildman–Crippen MR) is 69.8 cm³/mol. The van der Waals surface area contributed by atoms with Gasteiger partial charge < -0.3 is 10.5 Å². The highest BCUT2D eigenvalue weighted by molar-refractivity contribution is 5.46. The van der Waals surface area contributed by atoms with Crippen LogP contribution in [0.1, 0.15) is 31.2 Å². The van der Waals surface area contributed by atoms with Crippen LogP contribution in [0.2, 0.25) is 0 Å². The molecule has 18 heavy (non-hydrogen) atoms. The molecule has 0 bridgehead atoms. The van der Waals surface area contributed by atoms with Gasteiger partial charge in [-0.1, -0.05) is 24.7 Å². The van der Waals surface area contributed by atoms with E-state index in [-0.39, 0.29) is 5.82 Å². The molecule has 0 aliphatic heterocycles. The van der Waals surface area contributed by atoms with Gasteiger partial charge in [0.1, 0.15) is 11.6 Å². The zero-order valence-corrected chi connectivity index (χ0v) is 10.4. The number of halogens is 1. The first-order chi connectivity index (χ1) is 8.79. The molecule has 2 N–H and O–H groups in total. The molecule has 0 aromatic heterocycles. The summed E-state index contributed by atoms with van der Waals surface area (Å²) in [5, 5.41) is 0. The minimum absolute atomic E-state index is 0.291. The Balaban J connectivity index is 2.06. The number of rotatable bonds is 3. The van der Waals surface area contributed by atoms with E-state index >= 15 is 0 Å². The molecule has 0 atom stereocenters. The van der Waals surface area contributed by atoms with Gasteiger partial charge in [-0.3, -0.25) is 0 Å². The van der Waals surface area contributed by atoms with Crippen molar-refractivity contribution in [1.82, 2.24) is 0 Å². The second-order valence-electron chi connectivity index (χ2n) is 4.61. The summed E-state index contributed by atoms with van der Waals surface area (Å²) in [5.41, 5.74) is 6.05. The van der Waals surface area contributed by atoms with Crippen molar-refractivity contribution in [2.75, 3.05) is 13.2 Å². The summed E-state index contributed by atoms with van der Waals surface area (Å²) in [6.07, 6.45) is 4.96. The van der Waals surface area contributed by atoms with Gasteiger partial charge in [-0.2, -0.15) is 0 Å². The number of ether oxygens (including phenoxy) is 1. The number of hydrogen-bond donors (Lipinski definition) is 1. The molecule has 1 saturated carbocycles. The summed E-state index contributed by atoms with van der Waals surface area (Å²) in [5.74, 6) is 6.51. The van der Waals surface area contributed by atoms with Gasteiger partial charge in [-0.25, -0.2) is 4.39 Å². The minimum Gasteiger partial charge on any atom is -0.492 e. The van der Waals surface area contributed by atoms with Crippen LogP contribution < -0.4 is 10.5 Å². The normalized spacial score (nSPS) is 15.2. The zero-order chi connectivity index (χ0) is 12.8. The average Bonchev–Trinajstić information content (AvgIpc) is 2.88. The quantitative estimate of drug-likeness (QED) is 0.833. The van der Waals surface area contributed by atoms with E-state index in [2.05, 4.69) is 11.8 Å². The molecule has 0 spiro atoms. The van der Waals surface area contributed by atoms with Crippen LogP contribution in [0.25, 0.3) is 0 Å². The van der Waals surface area contributed by atoms with Crippen molar-refractivity contribution in [2.24, 2.45) is 11.7 Å². The smallest absolute Gasteiger partial charge is 0.137 e. The van der Waals surface area contributed by atoms with Gasteiger partial charge in [-0.05, 0) is 30.9 Å². The maximum Gasteiger partial charge on any atom is 0.137 e. The monoisotopic (exact) mass is 247 g/mol. The van der Waals surface area contributed by atoms with E-state index in [0.29, 0.717) is 30.4 Å². The average molecular weight is 247 g/mol. The van der Waals surface area contributed by atoms with Gasteiger partial charge in [0.25, 0.3) is 0 Å². The van der Waals surface area contributed by atoms with Crippen LogP contribution in [0, 0.1) is 23.6 Å². The summed E-state index contributed by atoms with van der Waals surface area (Å²) in [4.78, 5) is 0. The van der Waals surface area contributed by atoms with E-state index in [1.165, 1.54) is 37.8 Å². The van der Waals surface area contributed by atoms with E-state index < -0.39 is 0 Å². The first kappa shape index (κ1) is 12.9. The van der Waals surface area contributed by atoms with Gasteiger partial charge in [0, 0.05) is 6.07 Å². The minimum atomic E-state index is -0.297. The van der Waals surface area contributed by atoms with Gasteiger partial charge in [0.2, 0.25) is 0 Å². The lowest BCUT2D eigenvalue weighted by Crippen LogP contribution is -2.09. The molecule has 0 radical (unpaired) electrons. The Kier molecular flexibility index (Phi) is 4.60. The zero-order valence-electron chi connectivity index (χ0n) is 10.4. The van der Waals surface area contributed by atoms with Crippen LogP contribution in [0.3, 0.4) is 0 Å². The molecule has 0 heterocycles. The molecule has 2 rings (SSSR count). The predicted octanol–water partition coefficient (Wildman–Crippen LogP) is 2.70. The highest BCUT2D eigenvalue weighted by Crippen LogP contribution is 2.27. The van der Waals surface area contributed by atoms with Crippen LogP contribution >= 0.6 is 0 Å². The molecule has 0 saturated heterocycles. The van der Waals surface area contributed by atoms with Gasteiger partial charge in [0.15, 0.2) is 0 Å². The van der Waals surface area contributed by atoms with Crippen LogP contribution in [0.15, 0.2) is 18.2 Å². The molecule has 0 amide bonds. The third-order valence-electron chi connectivity index (χ3n) is 3.22. The van der Waals surface area contributed by atoms with Crippen LogP contribution in [-0.2, 0) is 0 Å². The molecular formula is C15H18FNO. The summed E-state index contributed by atoms with van der Waals surface area (Å²) in [7, 11) is 0. The van der Waals surface area contributed by atoms with E-state index in [1.807, 2.05) is 0 Å². The lowest BCUT2D eigenvalue weighted by Gasteiger charge is -2.12. The number of nitrogens with two attached hydrogens (primary N) is 1. The van der Waals surface area contributed by atoms with Crippen LogP contribution in [-0.4, -0.2) is 13.2 Å². The van der Waals surface area contributed by atoms with Crippen molar-refractivity contribution in [3.8, 4) is 17.6 Å². The third-order valence-corrected chi connectivity index (χ3v) is 3.22. The third kappa shape index (κ3) is 3.48. The summed E-state index contributed by atoms with van der Waals surface area (Å²) < 4.78 is 18.9. The van der Waals surface area contributed by atoms with Crippen molar-refractivity contribution in [3.05, 3.63) is 29.6 Å². The van der Waals surface area contributed by atoms with E-state index in [0.717, 1.165) is 0 Å². The molecule has 0 unspecified atom stereocenters. The van der Waals surface area contributed by atoms with Gasteiger partial charge in [0.05, 0.1) is 18.7 Å². The second-order valence-corrected chi connectivity index (χ2v) is 4.61. The Morgan fingerprint density at radius 1 is 1.33 bits per heavy atom. The Labute approximate surface area is 107 Å². The molecule has 3 heteroatoms. The molecule has 1 aliphatic rings. The second kappa shape index (κ2) is 6.42. The lowest BCUT2D eigenvalue weighted by molar-refractivity contribution is 0.250. The first-order valence-corrected chi connectivity index (χ1v) is 6.41. The fraction of sp³-hybridized carbons (Fsp3) is 0.467. The van der Waals surface area contributed by atoms with Crippen molar-refractivity contribution in [1.29, 1.82) is 0 Å². The Morgan fingerprint density at radius 2 is 2.11 bits per heavy atom. The Morgan fingerprint density at radius 3 is 2.83 bits per heavy atom. The molecule has 1 fully saturated rings. The largest absolute Gasteiger partial charge is 0.492 e. The molecule has 2 nitrogen and oxygen atoms in total. The van der Waals surface area contributed by atoms with E-state index in [9.17, 15) is 4.39 Å². The van der Waals surface area contributed by atoms with Crippen molar-refractivity contribution in [2.45, 2.75) is 25.7 Å². The molecule has 96 valence electrons. The lowest BCUT2D eigenvalue weighted by atomic mass is 10.1. The topological polar surface area (TPSA) is 35.2 Å². The first-order valence-electron chi connectivity index (χ1n) is 6.41. The van der Waals surface area contributed by atoms with Crippen molar-refractivity contribution in [3.63, 3.8) is 0 Å². The highest BCUT2D eigenvalue weighted by atomic mass is 19.1. The Bertz CT molecular complexity index is 455. The number of benzene rings is 1. The number of hydrogen-bond acceptors (Lipinski definition) is 2. The maximum absolute atomic E-state index is 13.2. The SMILES string of the molecule is NCC#Cc1ccc(F)cc1OCC1CCCC1. The molecule has 1 aromatic rings.